The van der Waals surface area contributed by atoms with E-state index >= 15 is 0 Å². The van der Waals surface area contributed by atoms with Crippen LogP contribution in [0.15, 0.2) is 41.2 Å². The standard InChI is InChI=1S/C27H25ClF2N4O4/c1-27(2,3)38-26(37)34-11-21-23(13-8-17(29)18(30)9-14(13)24(35)32-21)22(12-34)33(4)25(36)20-10-15-16(28)6-5-7-19(15)31-20/h5-10,22,31H,11-12H2,1-4H3,(H,32,35). The Hall–Kier alpha value is -3.92. The Morgan fingerprint density at radius 3 is 2.42 bits per heavy atom. The topological polar surface area (TPSA) is 98.5 Å². The van der Waals surface area contributed by atoms with Gasteiger partial charge in [0.15, 0.2) is 11.6 Å². The van der Waals surface area contributed by atoms with Crippen molar-refractivity contribution in [3.63, 3.8) is 0 Å². The van der Waals surface area contributed by atoms with Crippen LogP contribution >= 0.6 is 11.6 Å². The first-order chi connectivity index (χ1) is 17.8. The lowest BCUT2D eigenvalue weighted by Crippen LogP contribution is -2.47. The average Bonchev–Trinajstić information content (AvgIpc) is 3.28. The van der Waals surface area contributed by atoms with E-state index in [1.54, 1.807) is 52.1 Å². The zero-order chi connectivity index (χ0) is 27.5. The van der Waals surface area contributed by atoms with Crippen molar-refractivity contribution in [3.05, 3.63) is 80.4 Å². The largest absolute Gasteiger partial charge is 0.444 e. The molecule has 1 aliphatic heterocycles. The van der Waals surface area contributed by atoms with Gasteiger partial charge in [-0.25, -0.2) is 13.6 Å². The molecular formula is C27H25ClF2N4O4. The maximum absolute atomic E-state index is 14.4. The van der Waals surface area contributed by atoms with E-state index in [1.165, 1.54) is 9.80 Å². The highest BCUT2D eigenvalue weighted by Gasteiger charge is 2.37. The molecular weight excluding hydrogens is 518 g/mol. The Bertz CT molecular complexity index is 1670. The molecule has 5 rings (SSSR count). The monoisotopic (exact) mass is 542 g/mol. The highest BCUT2D eigenvalue weighted by Crippen LogP contribution is 2.36. The summed E-state index contributed by atoms with van der Waals surface area (Å²) in [6, 6.07) is 7.84. The molecule has 2 amide bonds. The van der Waals surface area contributed by atoms with Crippen molar-refractivity contribution in [1.82, 2.24) is 19.8 Å². The van der Waals surface area contributed by atoms with Gasteiger partial charge in [-0.05, 0) is 56.5 Å². The van der Waals surface area contributed by atoms with Crippen molar-refractivity contribution in [2.24, 2.45) is 0 Å². The second kappa shape index (κ2) is 9.13. The summed E-state index contributed by atoms with van der Waals surface area (Å²) in [5.74, 6) is -2.72. The van der Waals surface area contributed by atoms with Crippen LogP contribution in [0.5, 0.6) is 0 Å². The van der Waals surface area contributed by atoms with Gasteiger partial charge >= 0.3 is 6.09 Å². The van der Waals surface area contributed by atoms with E-state index in [0.29, 0.717) is 27.2 Å². The molecule has 11 heteroatoms. The molecule has 0 saturated carbocycles. The number of carbonyl (C=O) groups excluding carboxylic acids is 2. The lowest BCUT2D eigenvalue weighted by molar-refractivity contribution is 0.0142. The van der Waals surface area contributed by atoms with E-state index in [2.05, 4.69) is 9.97 Å². The van der Waals surface area contributed by atoms with Gasteiger partial charge in [0, 0.05) is 40.8 Å². The molecule has 0 saturated heterocycles. The second-order valence-corrected chi connectivity index (χ2v) is 10.7. The second-order valence-electron chi connectivity index (χ2n) is 10.3. The Kier molecular flexibility index (Phi) is 6.18. The SMILES string of the molecule is CN(C(=O)c1cc2c(Cl)cccc2[nH]1)C1CN(C(=O)OC(C)(C)C)Cc2[nH]c(=O)c3cc(F)c(F)cc3c21. The third-order valence-corrected chi connectivity index (χ3v) is 6.87. The lowest BCUT2D eigenvalue weighted by atomic mass is 9.92. The number of hydrogen-bond donors (Lipinski definition) is 2. The maximum atomic E-state index is 14.4. The minimum Gasteiger partial charge on any atom is -0.444 e. The Morgan fingerprint density at radius 1 is 1.08 bits per heavy atom. The van der Waals surface area contributed by atoms with Crippen LogP contribution in [-0.2, 0) is 11.3 Å². The summed E-state index contributed by atoms with van der Waals surface area (Å²) >= 11 is 6.28. The number of nitrogens with one attached hydrogen (secondary N) is 2. The predicted octanol–water partition coefficient (Wildman–Crippen LogP) is 5.51. The third kappa shape index (κ3) is 4.49. The number of H-pyrrole nitrogens is 2. The fourth-order valence-corrected chi connectivity index (χ4v) is 5.03. The molecule has 198 valence electrons. The number of amides is 2. The molecule has 38 heavy (non-hydrogen) atoms. The molecule has 4 aromatic rings. The Morgan fingerprint density at radius 2 is 1.76 bits per heavy atom. The van der Waals surface area contributed by atoms with E-state index in [9.17, 15) is 23.2 Å². The van der Waals surface area contributed by atoms with Gasteiger partial charge in [0.2, 0.25) is 0 Å². The van der Waals surface area contributed by atoms with Crippen LogP contribution in [0, 0.1) is 11.6 Å². The molecule has 1 atom stereocenters. The van der Waals surface area contributed by atoms with E-state index in [1.807, 2.05) is 0 Å². The number of rotatable bonds is 2. The van der Waals surface area contributed by atoms with Crippen LogP contribution in [-0.4, -0.2) is 51.0 Å². The summed E-state index contributed by atoms with van der Waals surface area (Å²) in [5.41, 5.74) is 0.216. The van der Waals surface area contributed by atoms with Gasteiger partial charge < -0.3 is 19.6 Å². The van der Waals surface area contributed by atoms with Crippen molar-refractivity contribution in [3.8, 4) is 0 Å². The zero-order valence-electron chi connectivity index (χ0n) is 21.1. The fraction of sp³-hybridized carbons (Fsp3) is 0.296. The number of pyridine rings is 1. The zero-order valence-corrected chi connectivity index (χ0v) is 21.9. The number of fused-ring (bicyclic) bond motifs is 4. The average molecular weight is 543 g/mol. The molecule has 0 bridgehead atoms. The molecule has 0 aliphatic carbocycles. The summed E-state index contributed by atoms with van der Waals surface area (Å²) in [6.07, 6.45) is -0.641. The summed E-state index contributed by atoms with van der Waals surface area (Å²) in [5, 5.41) is 1.24. The minimum absolute atomic E-state index is 0.00865. The number of aromatic amines is 2. The molecule has 0 fully saturated rings. The third-order valence-electron chi connectivity index (χ3n) is 6.54. The number of aromatic nitrogens is 2. The quantitative estimate of drug-likeness (QED) is 0.349. The van der Waals surface area contributed by atoms with Crippen molar-refractivity contribution in [1.29, 1.82) is 0 Å². The highest BCUT2D eigenvalue weighted by atomic mass is 35.5. The van der Waals surface area contributed by atoms with Crippen molar-refractivity contribution in [2.45, 2.75) is 39.0 Å². The molecule has 3 heterocycles. The van der Waals surface area contributed by atoms with Gasteiger partial charge in [-0.2, -0.15) is 0 Å². The summed E-state index contributed by atoms with van der Waals surface area (Å²) in [7, 11) is 1.54. The van der Waals surface area contributed by atoms with Crippen molar-refractivity contribution < 1.29 is 23.1 Å². The molecule has 1 unspecified atom stereocenters. The molecule has 2 aromatic heterocycles. The van der Waals surface area contributed by atoms with Gasteiger partial charge in [0.1, 0.15) is 11.3 Å². The Balaban J connectivity index is 1.64. The highest BCUT2D eigenvalue weighted by molar-refractivity contribution is 6.35. The van der Waals surface area contributed by atoms with Gasteiger partial charge in [0.25, 0.3) is 11.5 Å². The number of carbonyl (C=O) groups is 2. The Labute approximate surface area is 221 Å². The van der Waals surface area contributed by atoms with Crippen LogP contribution in [0.1, 0.15) is 48.6 Å². The molecule has 2 N–H and O–H groups in total. The molecule has 0 radical (unpaired) electrons. The smallest absolute Gasteiger partial charge is 0.410 e. The summed E-state index contributed by atoms with van der Waals surface area (Å²) in [4.78, 5) is 48.0. The van der Waals surface area contributed by atoms with Crippen LogP contribution in [0.25, 0.3) is 21.7 Å². The molecule has 1 aliphatic rings. The van der Waals surface area contributed by atoms with E-state index in [4.69, 9.17) is 16.3 Å². The van der Waals surface area contributed by atoms with Crippen LogP contribution < -0.4 is 5.56 Å². The number of ether oxygens (including phenoxy) is 1. The number of nitrogens with zero attached hydrogens (tertiary/aromatic N) is 2. The molecule has 2 aromatic carbocycles. The van der Waals surface area contributed by atoms with Crippen molar-refractivity contribution in [2.75, 3.05) is 13.6 Å². The number of hydrogen-bond acceptors (Lipinski definition) is 4. The van der Waals surface area contributed by atoms with Gasteiger partial charge in [-0.1, -0.05) is 17.7 Å². The normalized spacial score (nSPS) is 15.6. The molecule has 8 nitrogen and oxygen atoms in total. The van der Waals surface area contributed by atoms with Crippen molar-refractivity contribution >= 4 is 45.3 Å². The summed E-state index contributed by atoms with van der Waals surface area (Å²) < 4.78 is 34.0. The fourth-order valence-electron chi connectivity index (χ4n) is 4.80. The predicted molar refractivity (Wildman–Crippen MR) is 139 cm³/mol. The minimum atomic E-state index is -1.16. The van der Waals surface area contributed by atoms with Crippen LogP contribution in [0.3, 0.4) is 0 Å². The van der Waals surface area contributed by atoms with Crippen LogP contribution in [0.2, 0.25) is 5.02 Å². The van der Waals surface area contributed by atoms with Crippen LogP contribution in [0.4, 0.5) is 13.6 Å². The number of benzene rings is 2. The number of halogens is 3. The van der Waals surface area contributed by atoms with E-state index < -0.39 is 40.8 Å². The van der Waals surface area contributed by atoms with E-state index in [-0.39, 0.29) is 29.6 Å². The van der Waals surface area contributed by atoms with Gasteiger partial charge in [-0.15, -0.1) is 0 Å². The van der Waals surface area contributed by atoms with Gasteiger partial charge in [0.05, 0.1) is 18.0 Å². The number of likely N-dealkylation sites (N-methyl/N-ethyl adjacent to an activating group) is 1. The maximum Gasteiger partial charge on any atom is 0.410 e. The lowest BCUT2D eigenvalue weighted by Gasteiger charge is -2.39. The first-order valence-electron chi connectivity index (χ1n) is 11.9. The van der Waals surface area contributed by atoms with Gasteiger partial charge in [-0.3, -0.25) is 14.5 Å². The molecule has 0 spiro atoms. The van der Waals surface area contributed by atoms with E-state index in [0.717, 1.165) is 12.1 Å². The first-order valence-corrected chi connectivity index (χ1v) is 12.3. The summed E-state index contributed by atoms with van der Waals surface area (Å²) in [6.45, 7) is 5.12. The first kappa shape index (κ1) is 25.7.